The number of hydrogen-bond acceptors (Lipinski definition) is 3. The van der Waals surface area contributed by atoms with E-state index in [1.807, 2.05) is 54.6 Å². The first-order valence-corrected chi connectivity index (χ1v) is 8.60. The first kappa shape index (κ1) is 18.0. The number of carbonyl (C=O) groups is 1. The lowest BCUT2D eigenvalue weighted by Gasteiger charge is -2.24. The molecule has 0 aliphatic carbocycles. The predicted octanol–water partition coefficient (Wildman–Crippen LogP) is 4.20. The molecule has 0 unspecified atom stereocenters. The zero-order valence-corrected chi connectivity index (χ0v) is 15.2. The Morgan fingerprint density at radius 2 is 1.65 bits per heavy atom. The fourth-order valence-corrected chi connectivity index (χ4v) is 2.96. The van der Waals surface area contributed by atoms with Crippen LogP contribution in [0.15, 0.2) is 65.1 Å². The molecular formula is C22H23NO3. The van der Waals surface area contributed by atoms with E-state index in [2.05, 4.69) is 5.32 Å². The van der Waals surface area contributed by atoms with Gasteiger partial charge in [-0.25, -0.2) is 0 Å². The summed E-state index contributed by atoms with van der Waals surface area (Å²) < 4.78 is 5.38. The topological polar surface area (TPSA) is 62.5 Å². The van der Waals surface area contributed by atoms with Crippen LogP contribution in [-0.2, 0) is 5.60 Å². The summed E-state index contributed by atoms with van der Waals surface area (Å²) in [5, 5.41) is 13.6. The molecule has 0 aliphatic rings. The van der Waals surface area contributed by atoms with E-state index in [4.69, 9.17) is 4.42 Å². The lowest BCUT2D eigenvalue weighted by Crippen LogP contribution is -2.38. The van der Waals surface area contributed by atoms with E-state index in [0.717, 1.165) is 16.7 Å². The van der Waals surface area contributed by atoms with Gasteiger partial charge in [0.1, 0.15) is 17.1 Å². The van der Waals surface area contributed by atoms with Crippen LogP contribution in [0.25, 0.3) is 11.1 Å². The fourth-order valence-electron chi connectivity index (χ4n) is 2.96. The minimum atomic E-state index is -1.17. The summed E-state index contributed by atoms with van der Waals surface area (Å²) in [4.78, 5) is 12.3. The first-order valence-electron chi connectivity index (χ1n) is 8.60. The van der Waals surface area contributed by atoms with E-state index in [9.17, 15) is 9.90 Å². The molecule has 0 saturated heterocycles. The van der Waals surface area contributed by atoms with Crippen LogP contribution in [0.2, 0.25) is 0 Å². The third-order valence-corrected chi connectivity index (χ3v) is 4.49. The molecule has 4 nitrogen and oxygen atoms in total. The van der Waals surface area contributed by atoms with Crippen LogP contribution in [0.5, 0.6) is 0 Å². The van der Waals surface area contributed by atoms with Crippen molar-refractivity contribution in [1.82, 2.24) is 5.32 Å². The lowest BCUT2D eigenvalue weighted by molar-refractivity contribution is 0.0526. The highest BCUT2D eigenvalue weighted by atomic mass is 16.3. The number of aliphatic hydroxyl groups is 1. The third-order valence-electron chi connectivity index (χ3n) is 4.49. The van der Waals surface area contributed by atoms with Crippen molar-refractivity contribution in [3.05, 3.63) is 83.3 Å². The molecule has 1 heterocycles. The lowest BCUT2D eigenvalue weighted by atomic mass is 9.93. The van der Waals surface area contributed by atoms with Crippen molar-refractivity contribution < 1.29 is 14.3 Å². The second-order valence-corrected chi connectivity index (χ2v) is 6.73. The third kappa shape index (κ3) is 3.86. The minimum absolute atomic E-state index is 0.111. The molecule has 0 spiro atoms. The number of hydrogen-bond donors (Lipinski definition) is 2. The fraction of sp³-hybridized carbons (Fsp3) is 0.227. The van der Waals surface area contributed by atoms with Gasteiger partial charge in [-0.1, -0.05) is 54.6 Å². The van der Waals surface area contributed by atoms with Crippen molar-refractivity contribution >= 4 is 5.91 Å². The van der Waals surface area contributed by atoms with Crippen LogP contribution in [0.3, 0.4) is 0 Å². The SMILES string of the molecule is Cc1cc(C(=O)NC[C@@](C)(O)c2ccc(-c3ccccc3)cc2)c(C)o1. The first-order chi connectivity index (χ1) is 12.4. The Kier molecular flexibility index (Phi) is 4.96. The van der Waals surface area contributed by atoms with Crippen molar-refractivity contribution in [2.75, 3.05) is 6.54 Å². The van der Waals surface area contributed by atoms with Crippen LogP contribution >= 0.6 is 0 Å². The smallest absolute Gasteiger partial charge is 0.254 e. The summed E-state index contributed by atoms with van der Waals surface area (Å²) in [5.41, 5.74) is 2.28. The van der Waals surface area contributed by atoms with Crippen LogP contribution in [0, 0.1) is 13.8 Å². The average Bonchev–Trinajstić information content (AvgIpc) is 2.99. The van der Waals surface area contributed by atoms with E-state index in [-0.39, 0.29) is 12.5 Å². The number of carbonyl (C=O) groups excluding carboxylic acids is 1. The predicted molar refractivity (Wildman–Crippen MR) is 102 cm³/mol. The van der Waals surface area contributed by atoms with Crippen LogP contribution < -0.4 is 5.32 Å². The summed E-state index contributed by atoms with van der Waals surface area (Å²) in [5.74, 6) is 1.02. The van der Waals surface area contributed by atoms with Gasteiger partial charge >= 0.3 is 0 Å². The highest BCUT2D eigenvalue weighted by Gasteiger charge is 2.25. The van der Waals surface area contributed by atoms with E-state index in [1.54, 1.807) is 26.8 Å². The molecule has 0 fully saturated rings. The van der Waals surface area contributed by atoms with Gasteiger partial charge in [0.15, 0.2) is 0 Å². The Balaban J connectivity index is 1.70. The van der Waals surface area contributed by atoms with Gasteiger partial charge in [-0.05, 0) is 43.5 Å². The molecule has 0 saturated carbocycles. The molecular weight excluding hydrogens is 326 g/mol. The molecule has 134 valence electrons. The minimum Gasteiger partial charge on any atom is -0.466 e. The number of furan rings is 1. The molecule has 1 amide bonds. The number of aryl methyl sites for hydroxylation is 2. The van der Waals surface area contributed by atoms with Gasteiger partial charge < -0.3 is 14.8 Å². The maximum Gasteiger partial charge on any atom is 0.254 e. The highest BCUT2D eigenvalue weighted by Crippen LogP contribution is 2.25. The summed E-state index contributed by atoms with van der Waals surface area (Å²) >= 11 is 0. The molecule has 2 N–H and O–H groups in total. The number of rotatable bonds is 5. The van der Waals surface area contributed by atoms with Gasteiger partial charge in [0.05, 0.1) is 12.1 Å². The van der Waals surface area contributed by atoms with E-state index in [1.165, 1.54) is 0 Å². The van der Waals surface area contributed by atoms with Crippen molar-refractivity contribution in [3.8, 4) is 11.1 Å². The second kappa shape index (κ2) is 7.18. The molecule has 0 aliphatic heterocycles. The summed E-state index contributed by atoms with van der Waals surface area (Å²) in [7, 11) is 0. The largest absolute Gasteiger partial charge is 0.466 e. The van der Waals surface area contributed by atoms with Gasteiger partial charge in [-0.2, -0.15) is 0 Å². The molecule has 0 bridgehead atoms. The Hall–Kier alpha value is -2.85. The average molecular weight is 349 g/mol. The maximum atomic E-state index is 12.3. The Morgan fingerprint density at radius 1 is 1.04 bits per heavy atom. The Morgan fingerprint density at radius 3 is 2.23 bits per heavy atom. The highest BCUT2D eigenvalue weighted by molar-refractivity contribution is 5.95. The molecule has 2 aromatic carbocycles. The van der Waals surface area contributed by atoms with E-state index >= 15 is 0 Å². The molecule has 0 radical (unpaired) electrons. The standard InChI is InChI=1S/C22H23NO3/c1-15-13-20(16(2)26-15)21(24)23-14-22(3,25)19-11-9-18(10-12-19)17-7-5-4-6-8-17/h4-13,25H,14H2,1-3H3,(H,23,24)/t22-/m1/s1. The van der Waals surface area contributed by atoms with Gasteiger partial charge in [0, 0.05) is 0 Å². The van der Waals surface area contributed by atoms with E-state index < -0.39 is 5.60 Å². The summed E-state index contributed by atoms with van der Waals surface area (Å²) in [6.07, 6.45) is 0. The zero-order chi connectivity index (χ0) is 18.7. The van der Waals surface area contributed by atoms with Crippen molar-refractivity contribution in [3.63, 3.8) is 0 Å². The molecule has 1 aromatic heterocycles. The molecule has 3 aromatic rings. The van der Waals surface area contributed by atoms with Crippen molar-refractivity contribution in [1.29, 1.82) is 0 Å². The van der Waals surface area contributed by atoms with Gasteiger partial charge in [-0.3, -0.25) is 4.79 Å². The van der Waals surface area contributed by atoms with Crippen LogP contribution in [0.1, 0.15) is 34.4 Å². The van der Waals surface area contributed by atoms with Gasteiger partial charge in [-0.15, -0.1) is 0 Å². The maximum absolute atomic E-state index is 12.3. The number of benzene rings is 2. The number of amides is 1. The zero-order valence-electron chi connectivity index (χ0n) is 15.2. The van der Waals surface area contributed by atoms with Gasteiger partial charge in [0.2, 0.25) is 0 Å². The monoisotopic (exact) mass is 349 g/mol. The van der Waals surface area contributed by atoms with Crippen LogP contribution in [-0.4, -0.2) is 17.6 Å². The summed E-state index contributed by atoms with van der Waals surface area (Å²) in [6.45, 7) is 5.36. The Labute approximate surface area is 153 Å². The Bertz CT molecular complexity index is 893. The molecule has 3 rings (SSSR count). The van der Waals surface area contributed by atoms with Crippen molar-refractivity contribution in [2.24, 2.45) is 0 Å². The number of nitrogens with one attached hydrogen (secondary N) is 1. The second-order valence-electron chi connectivity index (χ2n) is 6.73. The summed E-state index contributed by atoms with van der Waals surface area (Å²) in [6, 6.07) is 19.5. The van der Waals surface area contributed by atoms with E-state index in [0.29, 0.717) is 17.1 Å². The van der Waals surface area contributed by atoms with Gasteiger partial charge in [0.25, 0.3) is 5.91 Å². The van der Waals surface area contributed by atoms with Crippen molar-refractivity contribution in [2.45, 2.75) is 26.4 Å². The van der Waals surface area contributed by atoms with Crippen LogP contribution in [0.4, 0.5) is 0 Å². The molecule has 26 heavy (non-hydrogen) atoms. The molecule has 1 atom stereocenters. The molecule has 4 heteroatoms. The normalized spacial score (nSPS) is 13.2. The quantitative estimate of drug-likeness (QED) is 0.726.